The lowest BCUT2D eigenvalue weighted by Crippen LogP contribution is -2.29. The van der Waals surface area contributed by atoms with Crippen LogP contribution in [-0.2, 0) is 6.42 Å². The van der Waals surface area contributed by atoms with E-state index in [1.165, 1.54) is 31.2 Å². The molecule has 96 valence electrons. The van der Waals surface area contributed by atoms with E-state index in [1.807, 2.05) is 12.3 Å². The Labute approximate surface area is 105 Å². The van der Waals surface area contributed by atoms with Crippen LogP contribution < -0.4 is 11.1 Å². The van der Waals surface area contributed by atoms with Gasteiger partial charge in [0.1, 0.15) is 0 Å². The Kier molecular flexibility index (Phi) is 6.63. The largest absolute Gasteiger partial charge is 0.398 e. The van der Waals surface area contributed by atoms with Gasteiger partial charge in [0.05, 0.1) is 0 Å². The first-order valence-corrected chi connectivity index (χ1v) is 6.69. The van der Waals surface area contributed by atoms with Crippen LogP contribution in [0.15, 0.2) is 18.5 Å². The van der Waals surface area contributed by atoms with Gasteiger partial charge in [0.25, 0.3) is 0 Å². The second kappa shape index (κ2) is 8.07. The lowest BCUT2D eigenvalue weighted by Gasteiger charge is -2.16. The third-order valence-electron chi connectivity index (χ3n) is 3.12. The highest BCUT2D eigenvalue weighted by molar-refractivity contribution is 5.44. The van der Waals surface area contributed by atoms with Crippen molar-refractivity contribution in [2.45, 2.75) is 52.0 Å². The quantitative estimate of drug-likeness (QED) is 0.728. The van der Waals surface area contributed by atoms with Gasteiger partial charge < -0.3 is 11.1 Å². The summed E-state index contributed by atoms with van der Waals surface area (Å²) >= 11 is 0. The van der Waals surface area contributed by atoms with Crippen LogP contribution in [0, 0.1) is 0 Å². The molecule has 17 heavy (non-hydrogen) atoms. The standard InChI is InChI=1S/C14H25N3/c1-3-9-17-13(4-2)7-5-6-12-11-16-10-8-14(12)15/h8,10-11,13,17H,3-7,9H2,1-2H3,(H2,15,16). The number of rotatable bonds is 8. The molecule has 0 fully saturated rings. The zero-order chi connectivity index (χ0) is 12.5. The molecule has 1 rings (SSSR count). The summed E-state index contributed by atoms with van der Waals surface area (Å²) in [7, 11) is 0. The summed E-state index contributed by atoms with van der Waals surface area (Å²) in [4.78, 5) is 4.12. The fourth-order valence-electron chi connectivity index (χ4n) is 1.98. The van der Waals surface area contributed by atoms with Gasteiger partial charge in [-0.15, -0.1) is 0 Å². The molecule has 0 aromatic carbocycles. The highest BCUT2D eigenvalue weighted by Gasteiger charge is 2.05. The van der Waals surface area contributed by atoms with E-state index in [9.17, 15) is 0 Å². The van der Waals surface area contributed by atoms with Gasteiger partial charge in [-0.25, -0.2) is 0 Å². The topological polar surface area (TPSA) is 50.9 Å². The summed E-state index contributed by atoms with van der Waals surface area (Å²) in [6.07, 6.45) is 9.45. The minimum atomic E-state index is 0.646. The molecule has 3 heteroatoms. The molecule has 0 amide bonds. The first kappa shape index (κ1) is 14.0. The number of pyridine rings is 1. The number of nitrogens with one attached hydrogen (secondary N) is 1. The summed E-state index contributed by atoms with van der Waals surface area (Å²) in [6, 6.07) is 2.52. The number of anilines is 1. The predicted molar refractivity (Wildman–Crippen MR) is 74.0 cm³/mol. The SMILES string of the molecule is CCCNC(CC)CCCc1cnccc1N. The average molecular weight is 235 g/mol. The Morgan fingerprint density at radius 3 is 2.88 bits per heavy atom. The van der Waals surface area contributed by atoms with Crippen LogP contribution in [-0.4, -0.2) is 17.6 Å². The monoisotopic (exact) mass is 235 g/mol. The number of nitrogen functional groups attached to an aromatic ring is 1. The summed E-state index contributed by atoms with van der Waals surface area (Å²) in [5, 5.41) is 3.57. The second-order valence-electron chi connectivity index (χ2n) is 4.53. The highest BCUT2D eigenvalue weighted by atomic mass is 14.9. The summed E-state index contributed by atoms with van der Waals surface area (Å²) in [5.41, 5.74) is 7.94. The molecule has 1 heterocycles. The normalized spacial score (nSPS) is 12.6. The lowest BCUT2D eigenvalue weighted by molar-refractivity contribution is 0.456. The maximum atomic E-state index is 5.89. The molecule has 0 saturated heterocycles. The molecule has 3 nitrogen and oxygen atoms in total. The van der Waals surface area contributed by atoms with Crippen molar-refractivity contribution in [2.75, 3.05) is 12.3 Å². The molecule has 0 radical (unpaired) electrons. The van der Waals surface area contributed by atoms with Gasteiger partial charge in [-0.05, 0) is 50.3 Å². The molecule has 0 aliphatic carbocycles. The average Bonchev–Trinajstić information content (AvgIpc) is 2.35. The first-order chi connectivity index (χ1) is 8.27. The number of hydrogen-bond donors (Lipinski definition) is 2. The number of hydrogen-bond acceptors (Lipinski definition) is 3. The zero-order valence-electron chi connectivity index (χ0n) is 11.1. The minimum Gasteiger partial charge on any atom is -0.398 e. The van der Waals surface area contributed by atoms with Crippen molar-refractivity contribution in [1.82, 2.24) is 10.3 Å². The van der Waals surface area contributed by atoms with Crippen LogP contribution >= 0.6 is 0 Å². The third kappa shape index (κ3) is 5.18. The summed E-state index contributed by atoms with van der Waals surface area (Å²) < 4.78 is 0. The van der Waals surface area contributed by atoms with Crippen molar-refractivity contribution >= 4 is 5.69 Å². The number of aryl methyl sites for hydroxylation is 1. The molecular formula is C14H25N3. The molecule has 1 atom stereocenters. The Morgan fingerprint density at radius 1 is 1.41 bits per heavy atom. The van der Waals surface area contributed by atoms with Crippen molar-refractivity contribution in [3.05, 3.63) is 24.0 Å². The predicted octanol–water partition coefficient (Wildman–Crippen LogP) is 2.76. The highest BCUT2D eigenvalue weighted by Crippen LogP contribution is 2.13. The van der Waals surface area contributed by atoms with Gasteiger partial charge in [0.2, 0.25) is 0 Å². The Bertz CT molecular complexity index is 312. The molecule has 1 aromatic heterocycles. The zero-order valence-corrected chi connectivity index (χ0v) is 11.1. The fourth-order valence-corrected chi connectivity index (χ4v) is 1.98. The molecule has 0 aliphatic rings. The van der Waals surface area contributed by atoms with Gasteiger partial charge in [-0.3, -0.25) is 4.98 Å². The smallest absolute Gasteiger partial charge is 0.0377 e. The van der Waals surface area contributed by atoms with E-state index in [1.54, 1.807) is 6.20 Å². The van der Waals surface area contributed by atoms with E-state index >= 15 is 0 Å². The Hall–Kier alpha value is -1.09. The van der Waals surface area contributed by atoms with E-state index in [0.717, 1.165) is 18.7 Å². The molecule has 3 N–H and O–H groups in total. The number of nitrogens with two attached hydrogens (primary N) is 1. The van der Waals surface area contributed by atoms with Crippen LogP contribution in [0.25, 0.3) is 0 Å². The van der Waals surface area contributed by atoms with Gasteiger partial charge in [-0.1, -0.05) is 13.8 Å². The second-order valence-corrected chi connectivity index (χ2v) is 4.53. The van der Waals surface area contributed by atoms with E-state index < -0.39 is 0 Å². The van der Waals surface area contributed by atoms with Crippen LogP contribution in [0.3, 0.4) is 0 Å². The summed E-state index contributed by atoms with van der Waals surface area (Å²) in [5.74, 6) is 0. The third-order valence-corrected chi connectivity index (χ3v) is 3.12. The minimum absolute atomic E-state index is 0.646. The summed E-state index contributed by atoms with van der Waals surface area (Å²) in [6.45, 7) is 5.56. The van der Waals surface area contributed by atoms with E-state index in [2.05, 4.69) is 24.1 Å². The number of aromatic nitrogens is 1. The van der Waals surface area contributed by atoms with Crippen molar-refractivity contribution in [3.8, 4) is 0 Å². The molecule has 0 spiro atoms. The van der Waals surface area contributed by atoms with Gasteiger partial charge in [0.15, 0.2) is 0 Å². The van der Waals surface area contributed by atoms with Crippen molar-refractivity contribution < 1.29 is 0 Å². The number of nitrogens with zero attached hydrogens (tertiary/aromatic N) is 1. The molecule has 0 saturated carbocycles. The lowest BCUT2D eigenvalue weighted by atomic mass is 10.0. The van der Waals surface area contributed by atoms with E-state index in [4.69, 9.17) is 5.73 Å². The maximum absolute atomic E-state index is 5.89. The molecule has 1 aromatic rings. The van der Waals surface area contributed by atoms with Crippen LogP contribution in [0.2, 0.25) is 0 Å². The van der Waals surface area contributed by atoms with Crippen molar-refractivity contribution in [1.29, 1.82) is 0 Å². The molecule has 0 bridgehead atoms. The Morgan fingerprint density at radius 2 is 2.24 bits per heavy atom. The Balaban J connectivity index is 2.28. The maximum Gasteiger partial charge on any atom is 0.0377 e. The van der Waals surface area contributed by atoms with Crippen LogP contribution in [0.4, 0.5) is 5.69 Å². The van der Waals surface area contributed by atoms with Crippen LogP contribution in [0.1, 0.15) is 45.1 Å². The van der Waals surface area contributed by atoms with Crippen molar-refractivity contribution in [3.63, 3.8) is 0 Å². The molecular weight excluding hydrogens is 210 g/mol. The van der Waals surface area contributed by atoms with Gasteiger partial charge >= 0.3 is 0 Å². The van der Waals surface area contributed by atoms with Crippen LogP contribution in [0.5, 0.6) is 0 Å². The molecule has 0 aliphatic heterocycles. The van der Waals surface area contributed by atoms with Crippen molar-refractivity contribution in [2.24, 2.45) is 0 Å². The molecule has 1 unspecified atom stereocenters. The fraction of sp³-hybridized carbons (Fsp3) is 0.643. The van der Waals surface area contributed by atoms with E-state index in [-0.39, 0.29) is 0 Å². The van der Waals surface area contributed by atoms with Gasteiger partial charge in [-0.2, -0.15) is 0 Å². The van der Waals surface area contributed by atoms with E-state index in [0.29, 0.717) is 6.04 Å². The van der Waals surface area contributed by atoms with Gasteiger partial charge in [0, 0.05) is 24.1 Å². The first-order valence-electron chi connectivity index (χ1n) is 6.69.